The van der Waals surface area contributed by atoms with Gasteiger partial charge in [0.15, 0.2) is 5.16 Å². The van der Waals surface area contributed by atoms with Crippen molar-refractivity contribution < 1.29 is 13.9 Å². The van der Waals surface area contributed by atoms with E-state index in [1.807, 2.05) is 6.07 Å². The van der Waals surface area contributed by atoms with E-state index in [1.165, 1.54) is 16.7 Å². The quantitative estimate of drug-likeness (QED) is 0.345. The highest BCUT2D eigenvalue weighted by atomic mass is 32.2. The van der Waals surface area contributed by atoms with Gasteiger partial charge in [0.1, 0.15) is 15.5 Å². The molecule has 0 saturated carbocycles. The van der Waals surface area contributed by atoms with Crippen LogP contribution in [0.1, 0.15) is 27.7 Å². The van der Waals surface area contributed by atoms with E-state index >= 15 is 0 Å². The lowest BCUT2D eigenvalue weighted by molar-refractivity contribution is 0.0531. The molecule has 3 rings (SSSR count). The van der Waals surface area contributed by atoms with E-state index < -0.39 is 5.97 Å². The third-order valence-corrected chi connectivity index (χ3v) is 6.00. The molecule has 9 heteroatoms. The van der Waals surface area contributed by atoms with Crippen LogP contribution in [0.2, 0.25) is 0 Å². The highest BCUT2D eigenvalue weighted by Crippen LogP contribution is 2.30. The van der Waals surface area contributed by atoms with Crippen molar-refractivity contribution in [2.45, 2.75) is 25.5 Å². The molecule has 0 aliphatic heterocycles. The Morgan fingerprint density at radius 2 is 2.11 bits per heavy atom. The van der Waals surface area contributed by atoms with Crippen molar-refractivity contribution in [1.29, 1.82) is 5.26 Å². The lowest BCUT2D eigenvalue weighted by atomic mass is 10.2. The number of halogens is 1. The molecule has 3 aromatic rings. The molecule has 0 spiro atoms. The predicted octanol–water partition coefficient (Wildman–Crippen LogP) is 3.75. The number of carbonyl (C=O) groups excluding carboxylic acids is 1. The monoisotopic (exact) mass is 417 g/mol. The zero-order chi connectivity index (χ0) is 20.3. The molecule has 144 valence electrons. The second kappa shape index (κ2) is 8.54. The Hall–Kier alpha value is -2.70. The van der Waals surface area contributed by atoms with Crippen molar-refractivity contribution in [3.8, 4) is 6.07 Å². The zero-order valence-corrected chi connectivity index (χ0v) is 16.8. The Balaban J connectivity index is 2.16. The minimum absolute atomic E-state index is 0.121. The number of benzene rings is 1. The molecule has 0 amide bonds. The summed E-state index contributed by atoms with van der Waals surface area (Å²) in [5, 5.41) is 9.65. The molecule has 0 aliphatic carbocycles. The fourth-order valence-electron chi connectivity index (χ4n) is 2.71. The standard InChI is InChI=1S/C19H16FN3O3S2/c1-3-26-18(25)15-11(2)14-16(28-15)22-19(27-9-8-21)23(17(14)24)10-12-4-6-13(20)7-5-12/h4-7H,3,9-10H2,1-2H3. The second-order valence-corrected chi connectivity index (χ2v) is 7.76. The fraction of sp³-hybridized carbons (Fsp3) is 0.263. The number of hydrogen-bond donors (Lipinski definition) is 0. The van der Waals surface area contributed by atoms with E-state index in [1.54, 1.807) is 26.0 Å². The minimum Gasteiger partial charge on any atom is -0.462 e. The number of nitrogens with zero attached hydrogens (tertiary/aromatic N) is 3. The topological polar surface area (TPSA) is 85.0 Å². The Labute approximate surface area is 168 Å². The van der Waals surface area contributed by atoms with Crippen molar-refractivity contribution in [2.24, 2.45) is 0 Å². The second-order valence-electron chi connectivity index (χ2n) is 5.82. The average Bonchev–Trinajstić information content (AvgIpc) is 3.01. The first kappa shape index (κ1) is 20.0. The van der Waals surface area contributed by atoms with E-state index in [9.17, 15) is 14.0 Å². The van der Waals surface area contributed by atoms with Gasteiger partial charge >= 0.3 is 5.97 Å². The molecular weight excluding hydrogens is 401 g/mol. The summed E-state index contributed by atoms with van der Waals surface area (Å²) < 4.78 is 19.7. The first-order valence-electron chi connectivity index (χ1n) is 8.41. The van der Waals surface area contributed by atoms with Crippen LogP contribution in [0.5, 0.6) is 0 Å². The lowest BCUT2D eigenvalue weighted by Crippen LogP contribution is -2.24. The van der Waals surface area contributed by atoms with Gasteiger partial charge in [-0.05, 0) is 37.1 Å². The van der Waals surface area contributed by atoms with Crippen LogP contribution >= 0.6 is 23.1 Å². The molecule has 2 heterocycles. The van der Waals surface area contributed by atoms with Gasteiger partial charge in [-0.3, -0.25) is 9.36 Å². The molecule has 28 heavy (non-hydrogen) atoms. The van der Waals surface area contributed by atoms with Crippen LogP contribution in [0.3, 0.4) is 0 Å². The van der Waals surface area contributed by atoms with Gasteiger partial charge in [-0.2, -0.15) is 5.26 Å². The highest BCUT2D eigenvalue weighted by Gasteiger charge is 2.22. The van der Waals surface area contributed by atoms with E-state index in [-0.39, 0.29) is 30.3 Å². The molecule has 0 unspecified atom stereocenters. The smallest absolute Gasteiger partial charge is 0.348 e. The van der Waals surface area contributed by atoms with Crippen LogP contribution < -0.4 is 5.56 Å². The van der Waals surface area contributed by atoms with Crippen LogP contribution in [-0.4, -0.2) is 27.9 Å². The molecule has 0 aliphatic rings. The first-order valence-corrected chi connectivity index (χ1v) is 10.2. The van der Waals surface area contributed by atoms with Crippen molar-refractivity contribution >= 4 is 39.3 Å². The van der Waals surface area contributed by atoms with Gasteiger partial charge in [0.25, 0.3) is 5.56 Å². The number of aromatic nitrogens is 2. The molecule has 0 N–H and O–H groups in total. The van der Waals surface area contributed by atoms with Crippen LogP contribution in [0.15, 0.2) is 34.2 Å². The average molecular weight is 417 g/mol. The van der Waals surface area contributed by atoms with Crippen molar-refractivity contribution in [2.75, 3.05) is 12.4 Å². The minimum atomic E-state index is -0.487. The highest BCUT2D eigenvalue weighted by molar-refractivity contribution is 7.99. The van der Waals surface area contributed by atoms with Gasteiger partial charge < -0.3 is 4.74 Å². The first-order chi connectivity index (χ1) is 13.5. The van der Waals surface area contributed by atoms with Gasteiger partial charge in [-0.15, -0.1) is 11.3 Å². The maximum Gasteiger partial charge on any atom is 0.348 e. The number of nitriles is 1. The Morgan fingerprint density at radius 1 is 1.39 bits per heavy atom. The number of thioether (sulfide) groups is 1. The summed E-state index contributed by atoms with van der Waals surface area (Å²) in [5.74, 6) is -0.730. The molecule has 2 aromatic heterocycles. The lowest BCUT2D eigenvalue weighted by Gasteiger charge is -2.11. The summed E-state index contributed by atoms with van der Waals surface area (Å²) in [6.45, 7) is 3.82. The van der Waals surface area contributed by atoms with Crippen molar-refractivity contribution in [3.05, 3.63) is 56.4 Å². The number of rotatable bonds is 6. The third-order valence-electron chi connectivity index (χ3n) is 4.00. The van der Waals surface area contributed by atoms with E-state index in [0.717, 1.165) is 28.7 Å². The largest absolute Gasteiger partial charge is 0.462 e. The Bertz CT molecular complexity index is 1130. The molecule has 0 atom stereocenters. The summed E-state index contributed by atoms with van der Waals surface area (Å²) in [6, 6.07) is 7.85. The van der Waals surface area contributed by atoms with E-state index in [4.69, 9.17) is 10.00 Å². The third kappa shape index (κ3) is 3.93. The van der Waals surface area contributed by atoms with Gasteiger partial charge in [-0.25, -0.2) is 14.2 Å². The molecule has 1 aromatic carbocycles. The maximum atomic E-state index is 13.2. The molecule has 6 nitrogen and oxygen atoms in total. The normalized spacial score (nSPS) is 10.8. The number of carbonyl (C=O) groups is 1. The van der Waals surface area contributed by atoms with E-state index in [0.29, 0.717) is 25.8 Å². The zero-order valence-electron chi connectivity index (χ0n) is 15.2. The van der Waals surface area contributed by atoms with Gasteiger partial charge in [0, 0.05) is 0 Å². The van der Waals surface area contributed by atoms with Crippen LogP contribution in [0, 0.1) is 24.1 Å². The summed E-state index contributed by atoms with van der Waals surface area (Å²) in [6.07, 6.45) is 0. The molecule has 0 radical (unpaired) electrons. The maximum absolute atomic E-state index is 13.2. The number of fused-ring (bicyclic) bond motifs is 1. The number of aryl methyl sites for hydroxylation is 1. The van der Waals surface area contributed by atoms with Crippen LogP contribution in [0.25, 0.3) is 10.2 Å². The summed E-state index contributed by atoms with van der Waals surface area (Å²) in [5.41, 5.74) is 0.946. The molecular formula is C19H16FN3O3S2. The summed E-state index contributed by atoms with van der Waals surface area (Å²) in [4.78, 5) is 30.7. The molecule has 0 bridgehead atoms. The van der Waals surface area contributed by atoms with Gasteiger partial charge in [-0.1, -0.05) is 23.9 Å². The van der Waals surface area contributed by atoms with Crippen molar-refractivity contribution in [3.63, 3.8) is 0 Å². The van der Waals surface area contributed by atoms with Crippen LogP contribution in [-0.2, 0) is 11.3 Å². The SMILES string of the molecule is CCOC(=O)c1sc2nc(SCC#N)n(Cc3ccc(F)cc3)c(=O)c2c1C. The van der Waals surface area contributed by atoms with E-state index in [2.05, 4.69) is 4.98 Å². The summed E-state index contributed by atoms with van der Waals surface area (Å²) in [7, 11) is 0. The number of esters is 1. The molecule has 0 saturated heterocycles. The fourth-order valence-corrected chi connectivity index (χ4v) is 4.48. The Kier molecular flexibility index (Phi) is 6.11. The van der Waals surface area contributed by atoms with Crippen molar-refractivity contribution in [1.82, 2.24) is 9.55 Å². The predicted molar refractivity (Wildman–Crippen MR) is 106 cm³/mol. The molecule has 0 fully saturated rings. The van der Waals surface area contributed by atoms with Gasteiger partial charge in [0.2, 0.25) is 0 Å². The van der Waals surface area contributed by atoms with Crippen LogP contribution in [0.4, 0.5) is 4.39 Å². The number of ether oxygens (including phenoxy) is 1. The number of thiophene rings is 1. The van der Waals surface area contributed by atoms with Gasteiger partial charge in [0.05, 0.1) is 30.4 Å². The summed E-state index contributed by atoms with van der Waals surface area (Å²) >= 11 is 2.25. The Morgan fingerprint density at radius 3 is 2.75 bits per heavy atom. The number of hydrogen-bond acceptors (Lipinski definition) is 7.